The molecule has 0 aliphatic carbocycles. The zero-order chi connectivity index (χ0) is 20.1. The van der Waals surface area contributed by atoms with E-state index in [0.29, 0.717) is 44.6 Å². The summed E-state index contributed by atoms with van der Waals surface area (Å²) in [4.78, 5) is 19.6. The number of oxazole rings is 1. The maximum atomic E-state index is 11.8. The van der Waals surface area contributed by atoms with E-state index in [2.05, 4.69) is 11.1 Å². The lowest BCUT2D eigenvalue weighted by molar-refractivity contribution is 0.104. The maximum absolute atomic E-state index is 11.8. The largest absolute Gasteiger partial charge is 0.484 e. The number of hydrogen-bond acceptors (Lipinski definition) is 7. The summed E-state index contributed by atoms with van der Waals surface area (Å²) < 4.78 is 16.6. The van der Waals surface area contributed by atoms with E-state index in [4.69, 9.17) is 13.9 Å². The number of nitriles is 1. The van der Waals surface area contributed by atoms with Crippen LogP contribution in [0.5, 0.6) is 5.75 Å². The van der Waals surface area contributed by atoms with E-state index in [0.717, 1.165) is 16.9 Å². The fourth-order valence-electron chi connectivity index (χ4n) is 3.11. The Kier molecular flexibility index (Phi) is 6.04. The number of hydrogen-bond donors (Lipinski definition) is 0. The molecule has 0 N–H and O–H groups in total. The summed E-state index contributed by atoms with van der Waals surface area (Å²) in [6.07, 6.45) is -0.317. The Morgan fingerprint density at radius 1 is 1.29 bits per heavy atom. The third-order valence-corrected chi connectivity index (χ3v) is 4.53. The highest BCUT2D eigenvalue weighted by Gasteiger charge is 2.26. The number of amides is 1. The predicted octanol–water partition coefficient (Wildman–Crippen LogP) is 3.02. The standard InChI is InChI=1S/C20H24N4O4/c1-4-26-20(25)24-9-7-23(8-10-24)19-16(12-21)22-18(28-19)13-27-17-6-5-14(2)11-15(17)3/h5-6,11H,4,7-10,13H2,1-3H3. The van der Waals surface area contributed by atoms with E-state index in [1.807, 2.05) is 36.9 Å². The monoisotopic (exact) mass is 384 g/mol. The fraction of sp³-hybridized carbons (Fsp3) is 0.450. The molecule has 1 saturated heterocycles. The number of aromatic nitrogens is 1. The molecule has 2 aromatic rings. The first kappa shape index (κ1) is 19.5. The molecule has 3 rings (SSSR count). The van der Waals surface area contributed by atoms with Crippen molar-refractivity contribution in [3.8, 4) is 11.8 Å². The maximum Gasteiger partial charge on any atom is 0.409 e. The number of aryl methyl sites for hydroxylation is 2. The first-order valence-corrected chi connectivity index (χ1v) is 9.28. The molecule has 148 valence electrons. The van der Waals surface area contributed by atoms with Gasteiger partial charge in [-0.2, -0.15) is 10.2 Å². The fourth-order valence-corrected chi connectivity index (χ4v) is 3.11. The van der Waals surface area contributed by atoms with Gasteiger partial charge in [0.15, 0.2) is 6.61 Å². The van der Waals surface area contributed by atoms with Gasteiger partial charge in [0.2, 0.25) is 17.5 Å². The smallest absolute Gasteiger partial charge is 0.409 e. The number of nitrogens with zero attached hydrogens (tertiary/aromatic N) is 4. The highest BCUT2D eigenvalue weighted by Crippen LogP contribution is 2.25. The number of carbonyl (C=O) groups is 1. The Morgan fingerprint density at radius 3 is 2.68 bits per heavy atom. The quantitative estimate of drug-likeness (QED) is 0.782. The van der Waals surface area contributed by atoms with E-state index >= 15 is 0 Å². The molecule has 0 spiro atoms. The normalized spacial score (nSPS) is 13.9. The van der Waals surface area contributed by atoms with Gasteiger partial charge in [-0.15, -0.1) is 0 Å². The van der Waals surface area contributed by atoms with Gasteiger partial charge in [-0.1, -0.05) is 17.7 Å². The molecule has 1 fully saturated rings. The summed E-state index contributed by atoms with van der Waals surface area (Å²) >= 11 is 0. The van der Waals surface area contributed by atoms with Gasteiger partial charge in [0.05, 0.1) is 6.61 Å². The second kappa shape index (κ2) is 8.65. The third-order valence-electron chi connectivity index (χ3n) is 4.53. The molecule has 2 heterocycles. The van der Waals surface area contributed by atoms with Gasteiger partial charge in [-0.25, -0.2) is 4.79 Å². The second-order valence-corrected chi connectivity index (χ2v) is 6.60. The van der Waals surface area contributed by atoms with E-state index in [1.165, 1.54) is 0 Å². The van der Waals surface area contributed by atoms with Crippen LogP contribution in [0.25, 0.3) is 0 Å². The van der Waals surface area contributed by atoms with Gasteiger partial charge in [0.25, 0.3) is 0 Å². The van der Waals surface area contributed by atoms with Crippen LogP contribution in [0.1, 0.15) is 29.6 Å². The Hall–Kier alpha value is -3.21. The van der Waals surface area contributed by atoms with Gasteiger partial charge < -0.3 is 23.7 Å². The highest BCUT2D eigenvalue weighted by molar-refractivity contribution is 5.68. The third kappa shape index (κ3) is 4.36. The molecular weight excluding hydrogens is 360 g/mol. The number of anilines is 1. The van der Waals surface area contributed by atoms with E-state index in [9.17, 15) is 10.1 Å². The minimum absolute atomic E-state index is 0.140. The lowest BCUT2D eigenvalue weighted by Gasteiger charge is -2.33. The van der Waals surface area contributed by atoms with Crippen molar-refractivity contribution >= 4 is 12.0 Å². The summed E-state index contributed by atoms with van der Waals surface area (Å²) in [6, 6.07) is 8.01. The van der Waals surface area contributed by atoms with E-state index in [-0.39, 0.29) is 18.4 Å². The van der Waals surface area contributed by atoms with Crippen LogP contribution in [0.3, 0.4) is 0 Å². The van der Waals surface area contributed by atoms with Crippen molar-refractivity contribution in [2.75, 3.05) is 37.7 Å². The van der Waals surface area contributed by atoms with Crippen LogP contribution >= 0.6 is 0 Å². The molecule has 0 saturated carbocycles. The van der Waals surface area contributed by atoms with Crippen molar-refractivity contribution in [3.05, 3.63) is 40.9 Å². The molecule has 1 aromatic heterocycles. The van der Waals surface area contributed by atoms with Crippen molar-refractivity contribution in [2.24, 2.45) is 0 Å². The van der Waals surface area contributed by atoms with Crippen LogP contribution in [0.2, 0.25) is 0 Å². The summed E-state index contributed by atoms with van der Waals surface area (Å²) in [5, 5.41) is 9.41. The molecule has 0 atom stereocenters. The molecule has 1 amide bonds. The Bertz CT molecular complexity index is 879. The zero-order valence-corrected chi connectivity index (χ0v) is 16.4. The Balaban J connectivity index is 1.65. The molecule has 0 unspecified atom stereocenters. The minimum atomic E-state index is -0.317. The van der Waals surface area contributed by atoms with Gasteiger partial charge in [-0.3, -0.25) is 0 Å². The number of rotatable bonds is 5. The number of benzene rings is 1. The van der Waals surface area contributed by atoms with Crippen molar-refractivity contribution in [1.82, 2.24) is 9.88 Å². The molecule has 8 heteroatoms. The van der Waals surface area contributed by atoms with Crippen LogP contribution in [0.15, 0.2) is 22.6 Å². The summed E-state index contributed by atoms with van der Waals surface area (Å²) in [6.45, 7) is 8.36. The topological polar surface area (TPSA) is 91.8 Å². The first-order valence-electron chi connectivity index (χ1n) is 9.28. The Morgan fingerprint density at radius 2 is 2.04 bits per heavy atom. The van der Waals surface area contributed by atoms with Crippen LogP contribution in [0.4, 0.5) is 10.7 Å². The lowest BCUT2D eigenvalue weighted by Crippen LogP contribution is -2.49. The Labute approximate surface area is 164 Å². The lowest BCUT2D eigenvalue weighted by atomic mass is 10.1. The molecule has 1 aromatic carbocycles. The van der Waals surface area contributed by atoms with E-state index in [1.54, 1.807) is 11.8 Å². The van der Waals surface area contributed by atoms with Gasteiger partial charge in [-0.05, 0) is 32.4 Å². The average Bonchev–Trinajstić information content (AvgIpc) is 3.11. The number of carbonyl (C=O) groups excluding carboxylic acids is 1. The van der Waals surface area contributed by atoms with Gasteiger partial charge in [0.1, 0.15) is 11.8 Å². The van der Waals surface area contributed by atoms with E-state index < -0.39 is 0 Å². The first-order chi connectivity index (χ1) is 13.5. The van der Waals surface area contributed by atoms with Crippen molar-refractivity contribution in [2.45, 2.75) is 27.4 Å². The zero-order valence-electron chi connectivity index (χ0n) is 16.4. The van der Waals surface area contributed by atoms with Gasteiger partial charge in [0, 0.05) is 26.2 Å². The van der Waals surface area contributed by atoms with Crippen LogP contribution < -0.4 is 9.64 Å². The van der Waals surface area contributed by atoms with Crippen LogP contribution in [-0.2, 0) is 11.3 Å². The molecule has 1 aliphatic heterocycles. The van der Waals surface area contributed by atoms with Crippen molar-refractivity contribution < 1.29 is 18.7 Å². The molecule has 8 nitrogen and oxygen atoms in total. The summed E-state index contributed by atoms with van der Waals surface area (Å²) in [7, 11) is 0. The number of piperazine rings is 1. The van der Waals surface area contributed by atoms with Crippen molar-refractivity contribution in [1.29, 1.82) is 5.26 Å². The number of ether oxygens (including phenoxy) is 2. The second-order valence-electron chi connectivity index (χ2n) is 6.60. The minimum Gasteiger partial charge on any atom is -0.484 e. The highest BCUT2D eigenvalue weighted by atomic mass is 16.6. The molecule has 0 radical (unpaired) electrons. The summed E-state index contributed by atoms with van der Waals surface area (Å²) in [5.74, 6) is 1.52. The van der Waals surface area contributed by atoms with Crippen LogP contribution in [0, 0.1) is 25.2 Å². The van der Waals surface area contributed by atoms with Crippen LogP contribution in [-0.4, -0.2) is 48.8 Å². The molecule has 1 aliphatic rings. The molecular formula is C20H24N4O4. The SMILES string of the molecule is CCOC(=O)N1CCN(c2oc(COc3ccc(C)cc3C)nc2C#N)CC1. The molecule has 28 heavy (non-hydrogen) atoms. The van der Waals surface area contributed by atoms with Crippen molar-refractivity contribution in [3.63, 3.8) is 0 Å². The average molecular weight is 384 g/mol. The van der Waals surface area contributed by atoms with Gasteiger partial charge >= 0.3 is 6.09 Å². The molecule has 0 bridgehead atoms. The summed E-state index contributed by atoms with van der Waals surface area (Å²) in [5.41, 5.74) is 2.42. The predicted molar refractivity (Wildman–Crippen MR) is 102 cm³/mol.